The zero-order chi connectivity index (χ0) is 10.2. The van der Waals surface area contributed by atoms with Crippen LogP contribution in [0.2, 0.25) is 10.3 Å². The molecule has 0 radical (unpaired) electrons. The molecule has 3 nitrogen and oxygen atoms in total. The van der Waals surface area contributed by atoms with E-state index in [-0.39, 0.29) is 5.54 Å². The Morgan fingerprint density at radius 2 is 1.86 bits per heavy atom. The van der Waals surface area contributed by atoms with E-state index in [1.54, 1.807) is 6.07 Å². The van der Waals surface area contributed by atoms with Gasteiger partial charge in [-0.1, -0.05) is 36.0 Å². The van der Waals surface area contributed by atoms with E-state index in [0.717, 1.165) is 31.2 Å². The maximum atomic E-state index is 6.24. The molecule has 0 spiro atoms. The second-order valence-corrected chi connectivity index (χ2v) is 4.48. The predicted molar refractivity (Wildman–Crippen MR) is 56.4 cm³/mol. The molecule has 76 valence electrons. The fourth-order valence-corrected chi connectivity index (χ4v) is 2.40. The van der Waals surface area contributed by atoms with Crippen molar-refractivity contribution in [2.24, 2.45) is 5.73 Å². The smallest absolute Gasteiger partial charge is 0.156 e. The summed E-state index contributed by atoms with van der Waals surface area (Å²) in [7, 11) is 0. The molecule has 1 aliphatic carbocycles. The van der Waals surface area contributed by atoms with Crippen LogP contribution in [0.1, 0.15) is 31.2 Å². The average Bonchev–Trinajstić information content (AvgIpc) is 2.58. The van der Waals surface area contributed by atoms with Gasteiger partial charge in [0.15, 0.2) is 10.3 Å². The van der Waals surface area contributed by atoms with E-state index in [1.807, 2.05) is 0 Å². The molecule has 1 aromatic heterocycles. The van der Waals surface area contributed by atoms with Gasteiger partial charge in [0, 0.05) is 11.1 Å². The number of hydrogen-bond donors (Lipinski definition) is 1. The number of hydrogen-bond acceptors (Lipinski definition) is 3. The Bertz CT molecular complexity index is 348. The first-order valence-corrected chi connectivity index (χ1v) is 5.35. The SMILES string of the molecule is NC1(c2cc(Cl)nnc2Cl)CCCC1. The largest absolute Gasteiger partial charge is 0.321 e. The maximum absolute atomic E-state index is 6.24. The van der Waals surface area contributed by atoms with Crippen LogP contribution in [0.5, 0.6) is 0 Å². The first-order valence-electron chi connectivity index (χ1n) is 4.60. The van der Waals surface area contributed by atoms with Gasteiger partial charge >= 0.3 is 0 Å². The van der Waals surface area contributed by atoms with Crippen LogP contribution in [0.25, 0.3) is 0 Å². The van der Waals surface area contributed by atoms with Crippen LogP contribution in [0.15, 0.2) is 6.07 Å². The molecular weight excluding hydrogens is 221 g/mol. The van der Waals surface area contributed by atoms with Gasteiger partial charge in [0.2, 0.25) is 0 Å². The average molecular weight is 232 g/mol. The van der Waals surface area contributed by atoms with E-state index in [0.29, 0.717) is 10.3 Å². The Hall–Kier alpha value is -0.380. The molecular formula is C9H11Cl2N3. The molecule has 0 saturated heterocycles. The molecule has 2 N–H and O–H groups in total. The fourth-order valence-electron chi connectivity index (χ4n) is 1.98. The highest BCUT2D eigenvalue weighted by molar-refractivity contribution is 6.31. The van der Waals surface area contributed by atoms with Crippen LogP contribution in [-0.2, 0) is 5.54 Å². The molecule has 1 heterocycles. The van der Waals surface area contributed by atoms with Crippen molar-refractivity contribution < 1.29 is 0 Å². The second-order valence-electron chi connectivity index (χ2n) is 3.73. The highest BCUT2D eigenvalue weighted by Gasteiger charge is 2.33. The minimum atomic E-state index is -0.351. The Labute approximate surface area is 92.6 Å². The summed E-state index contributed by atoms with van der Waals surface area (Å²) in [4.78, 5) is 0. The lowest BCUT2D eigenvalue weighted by Gasteiger charge is -2.24. The van der Waals surface area contributed by atoms with Crippen molar-refractivity contribution in [1.82, 2.24) is 10.2 Å². The summed E-state index contributed by atoms with van der Waals surface area (Å²) in [5, 5.41) is 8.16. The zero-order valence-electron chi connectivity index (χ0n) is 7.63. The van der Waals surface area contributed by atoms with E-state index >= 15 is 0 Å². The van der Waals surface area contributed by atoms with E-state index in [9.17, 15) is 0 Å². The third-order valence-electron chi connectivity index (χ3n) is 2.75. The molecule has 1 aliphatic rings. The summed E-state index contributed by atoms with van der Waals surface area (Å²) in [5.41, 5.74) is 6.72. The molecule has 5 heteroatoms. The molecule has 2 rings (SSSR count). The van der Waals surface area contributed by atoms with E-state index in [4.69, 9.17) is 28.9 Å². The molecule has 0 aliphatic heterocycles. The van der Waals surface area contributed by atoms with Gasteiger partial charge in [0.25, 0.3) is 0 Å². The second kappa shape index (κ2) is 3.65. The number of rotatable bonds is 1. The van der Waals surface area contributed by atoms with Gasteiger partial charge in [-0.05, 0) is 18.9 Å². The zero-order valence-corrected chi connectivity index (χ0v) is 9.15. The Balaban J connectivity index is 2.44. The van der Waals surface area contributed by atoms with Gasteiger partial charge in [-0.2, -0.15) is 0 Å². The highest BCUT2D eigenvalue weighted by atomic mass is 35.5. The third kappa shape index (κ3) is 1.72. The van der Waals surface area contributed by atoms with Crippen LogP contribution in [0.4, 0.5) is 0 Å². The van der Waals surface area contributed by atoms with E-state index in [2.05, 4.69) is 10.2 Å². The van der Waals surface area contributed by atoms with Crippen LogP contribution >= 0.6 is 23.2 Å². The molecule has 1 saturated carbocycles. The molecule has 0 bridgehead atoms. The van der Waals surface area contributed by atoms with Crippen molar-refractivity contribution in [3.05, 3.63) is 21.9 Å². The van der Waals surface area contributed by atoms with Gasteiger partial charge in [0.1, 0.15) is 0 Å². The Kier molecular flexibility index (Phi) is 2.64. The van der Waals surface area contributed by atoms with Crippen molar-refractivity contribution in [2.45, 2.75) is 31.2 Å². The van der Waals surface area contributed by atoms with Gasteiger partial charge in [-0.3, -0.25) is 0 Å². The lowest BCUT2D eigenvalue weighted by Crippen LogP contribution is -2.33. The maximum Gasteiger partial charge on any atom is 0.156 e. The van der Waals surface area contributed by atoms with Crippen LogP contribution < -0.4 is 5.73 Å². The Morgan fingerprint density at radius 3 is 2.50 bits per heavy atom. The molecule has 0 atom stereocenters. The number of nitrogens with two attached hydrogens (primary N) is 1. The van der Waals surface area contributed by atoms with Crippen molar-refractivity contribution in [1.29, 1.82) is 0 Å². The lowest BCUT2D eigenvalue weighted by molar-refractivity contribution is 0.459. The summed E-state index contributed by atoms with van der Waals surface area (Å²) >= 11 is 11.7. The van der Waals surface area contributed by atoms with Crippen molar-refractivity contribution >= 4 is 23.2 Å². The van der Waals surface area contributed by atoms with Crippen LogP contribution in [0.3, 0.4) is 0 Å². The molecule has 0 amide bonds. The van der Waals surface area contributed by atoms with Gasteiger partial charge in [-0.25, -0.2) is 0 Å². The molecule has 14 heavy (non-hydrogen) atoms. The molecule has 0 unspecified atom stereocenters. The summed E-state index contributed by atoms with van der Waals surface area (Å²) in [6.07, 6.45) is 4.14. The first kappa shape index (κ1) is 10.1. The van der Waals surface area contributed by atoms with E-state index < -0.39 is 0 Å². The number of aromatic nitrogens is 2. The molecule has 0 aromatic carbocycles. The van der Waals surface area contributed by atoms with E-state index in [1.165, 1.54) is 0 Å². The topological polar surface area (TPSA) is 51.8 Å². The van der Waals surface area contributed by atoms with Crippen LogP contribution in [-0.4, -0.2) is 10.2 Å². The number of halogens is 2. The van der Waals surface area contributed by atoms with Crippen molar-refractivity contribution in [3.8, 4) is 0 Å². The standard InChI is InChI=1S/C9H11Cl2N3/c10-7-5-6(8(11)14-13-7)9(12)3-1-2-4-9/h5H,1-4,12H2. The lowest BCUT2D eigenvalue weighted by atomic mass is 9.91. The highest BCUT2D eigenvalue weighted by Crippen LogP contribution is 2.39. The normalized spacial score (nSPS) is 19.9. The van der Waals surface area contributed by atoms with Crippen molar-refractivity contribution in [2.75, 3.05) is 0 Å². The summed E-state index contributed by atoms with van der Waals surface area (Å²) < 4.78 is 0. The van der Waals surface area contributed by atoms with Gasteiger partial charge in [-0.15, -0.1) is 10.2 Å². The monoisotopic (exact) mass is 231 g/mol. The summed E-state index contributed by atoms with van der Waals surface area (Å²) in [6, 6.07) is 1.72. The summed E-state index contributed by atoms with van der Waals surface area (Å²) in [6.45, 7) is 0. The third-order valence-corrected chi connectivity index (χ3v) is 3.22. The fraction of sp³-hybridized carbons (Fsp3) is 0.556. The van der Waals surface area contributed by atoms with Gasteiger partial charge in [0.05, 0.1) is 0 Å². The van der Waals surface area contributed by atoms with Crippen molar-refractivity contribution in [3.63, 3.8) is 0 Å². The molecule has 1 aromatic rings. The predicted octanol–water partition coefficient (Wildman–Crippen LogP) is 2.51. The summed E-state index contributed by atoms with van der Waals surface area (Å²) in [5.74, 6) is 0. The number of nitrogens with zero attached hydrogens (tertiary/aromatic N) is 2. The minimum absolute atomic E-state index is 0.348. The van der Waals surface area contributed by atoms with Gasteiger partial charge < -0.3 is 5.73 Å². The first-order chi connectivity index (χ1) is 6.62. The Morgan fingerprint density at radius 1 is 1.21 bits per heavy atom. The van der Waals surface area contributed by atoms with Crippen LogP contribution in [0, 0.1) is 0 Å². The quantitative estimate of drug-likeness (QED) is 0.809. The molecule has 1 fully saturated rings. The minimum Gasteiger partial charge on any atom is -0.321 e.